The zero-order valence-corrected chi connectivity index (χ0v) is 10.7. The van der Waals surface area contributed by atoms with Crippen molar-refractivity contribution < 1.29 is 19.0 Å². The van der Waals surface area contributed by atoms with E-state index < -0.39 is 5.82 Å². The topological polar surface area (TPSA) is 38.7 Å². The third-order valence-corrected chi connectivity index (χ3v) is 2.75. The smallest absolute Gasteiger partial charge is 0.189 e. The molecule has 0 unspecified atom stereocenters. The number of hydrogen-bond donors (Lipinski definition) is 1. The lowest BCUT2D eigenvalue weighted by Gasteiger charge is -2.08. The lowest BCUT2D eigenvalue weighted by molar-refractivity contribution is 0.00792. The summed E-state index contributed by atoms with van der Waals surface area (Å²) in [5.41, 5.74) is 0.659. The number of halogens is 1. The van der Waals surface area contributed by atoms with Gasteiger partial charge < -0.3 is 14.6 Å². The average Bonchev–Trinajstić information content (AvgIpc) is 3.22. The normalized spacial score (nSPS) is 13.8. The molecule has 0 radical (unpaired) electrons. The van der Waals surface area contributed by atoms with Gasteiger partial charge in [-0.3, -0.25) is 0 Å². The van der Waals surface area contributed by atoms with Crippen LogP contribution in [0.2, 0.25) is 0 Å². The van der Waals surface area contributed by atoms with Crippen molar-refractivity contribution in [3.8, 4) is 17.6 Å². The molecule has 1 aromatic rings. The Morgan fingerprint density at radius 3 is 2.95 bits per heavy atom. The molecule has 1 saturated carbocycles. The fraction of sp³-hybridized carbons (Fsp3) is 0.467. The number of hydrogen-bond acceptors (Lipinski definition) is 3. The zero-order valence-electron chi connectivity index (χ0n) is 10.7. The van der Waals surface area contributed by atoms with E-state index in [-0.39, 0.29) is 19.1 Å². The fourth-order valence-corrected chi connectivity index (χ4v) is 1.52. The number of rotatable bonds is 6. The lowest BCUT2D eigenvalue weighted by Crippen LogP contribution is -2.06. The Kier molecular flexibility index (Phi) is 5.20. The van der Waals surface area contributed by atoms with Gasteiger partial charge in [0, 0.05) is 12.0 Å². The summed E-state index contributed by atoms with van der Waals surface area (Å²) < 4.78 is 24.0. The molecule has 0 heterocycles. The standard InChI is InChI=1S/C15H17FO3/c16-14-7-6-12(3-1-2-8-17)9-15(14)19-11-18-10-13-4-5-13/h6-7,9,13,17H,2,4-5,8,10-11H2. The maximum atomic E-state index is 13.5. The van der Waals surface area contributed by atoms with Crippen LogP contribution in [0, 0.1) is 23.6 Å². The summed E-state index contributed by atoms with van der Waals surface area (Å²) in [6.07, 6.45) is 2.83. The Bertz CT molecular complexity index is 472. The molecule has 1 fully saturated rings. The van der Waals surface area contributed by atoms with Gasteiger partial charge in [-0.15, -0.1) is 0 Å². The molecule has 0 aliphatic heterocycles. The molecule has 1 aromatic carbocycles. The van der Waals surface area contributed by atoms with E-state index in [4.69, 9.17) is 14.6 Å². The molecule has 0 aromatic heterocycles. The van der Waals surface area contributed by atoms with Crippen molar-refractivity contribution in [1.29, 1.82) is 0 Å². The van der Waals surface area contributed by atoms with Crippen LogP contribution in [0.3, 0.4) is 0 Å². The Labute approximate surface area is 112 Å². The summed E-state index contributed by atoms with van der Waals surface area (Å²) in [6.45, 7) is 0.755. The fourth-order valence-electron chi connectivity index (χ4n) is 1.52. The van der Waals surface area contributed by atoms with E-state index in [2.05, 4.69) is 11.8 Å². The molecule has 1 aliphatic rings. The third-order valence-electron chi connectivity index (χ3n) is 2.75. The van der Waals surface area contributed by atoms with Crippen LogP contribution in [-0.2, 0) is 4.74 Å². The first-order valence-electron chi connectivity index (χ1n) is 6.39. The van der Waals surface area contributed by atoms with Gasteiger partial charge in [-0.25, -0.2) is 4.39 Å². The summed E-state index contributed by atoms with van der Waals surface area (Å²) in [5.74, 6) is 5.99. The first-order chi connectivity index (χ1) is 9.29. The van der Waals surface area contributed by atoms with Crippen molar-refractivity contribution in [3.05, 3.63) is 29.6 Å². The Balaban J connectivity index is 1.86. The highest BCUT2D eigenvalue weighted by Gasteiger charge is 2.21. The van der Waals surface area contributed by atoms with Gasteiger partial charge in [0.15, 0.2) is 18.4 Å². The molecule has 0 amide bonds. The number of benzene rings is 1. The van der Waals surface area contributed by atoms with Crippen LogP contribution < -0.4 is 4.74 Å². The summed E-state index contributed by atoms with van der Waals surface area (Å²) in [7, 11) is 0. The van der Waals surface area contributed by atoms with E-state index in [0.717, 1.165) is 0 Å². The van der Waals surface area contributed by atoms with E-state index >= 15 is 0 Å². The van der Waals surface area contributed by atoms with Crippen LogP contribution in [-0.4, -0.2) is 25.1 Å². The molecular weight excluding hydrogens is 247 g/mol. The minimum atomic E-state index is -0.428. The maximum Gasteiger partial charge on any atom is 0.189 e. The molecule has 19 heavy (non-hydrogen) atoms. The largest absolute Gasteiger partial charge is 0.464 e. The first kappa shape index (κ1) is 13.9. The summed E-state index contributed by atoms with van der Waals surface area (Å²) in [4.78, 5) is 0. The zero-order chi connectivity index (χ0) is 13.5. The number of ether oxygens (including phenoxy) is 2. The van der Waals surface area contributed by atoms with Crippen LogP contribution in [0.1, 0.15) is 24.8 Å². The third kappa shape index (κ3) is 4.90. The van der Waals surface area contributed by atoms with E-state index in [1.54, 1.807) is 12.1 Å². The number of aliphatic hydroxyl groups excluding tert-OH is 1. The predicted octanol–water partition coefficient (Wildman–Crippen LogP) is 2.32. The number of aliphatic hydroxyl groups is 1. The summed E-state index contributed by atoms with van der Waals surface area (Å²) >= 11 is 0. The van der Waals surface area contributed by atoms with Gasteiger partial charge in [0.1, 0.15) is 0 Å². The molecule has 2 rings (SSSR count). The summed E-state index contributed by atoms with van der Waals surface area (Å²) in [5, 5.41) is 8.63. The minimum Gasteiger partial charge on any atom is -0.464 e. The van der Waals surface area contributed by atoms with Crippen LogP contribution in [0.4, 0.5) is 4.39 Å². The lowest BCUT2D eigenvalue weighted by atomic mass is 10.2. The van der Waals surface area contributed by atoms with Gasteiger partial charge in [0.2, 0.25) is 0 Å². The SMILES string of the molecule is OCCC#Cc1ccc(F)c(OCOCC2CC2)c1. The quantitative estimate of drug-likeness (QED) is 0.487. The van der Waals surface area contributed by atoms with E-state index in [1.165, 1.54) is 18.9 Å². The molecule has 0 atom stereocenters. The van der Waals surface area contributed by atoms with E-state index in [9.17, 15) is 4.39 Å². The minimum absolute atomic E-state index is 0.0204. The van der Waals surface area contributed by atoms with Crippen molar-refractivity contribution in [3.63, 3.8) is 0 Å². The predicted molar refractivity (Wildman–Crippen MR) is 69.2 cm³/mol. The molecule has 4 heteroatoms. The van der Waals surface area contributed by atoms with E-state index in [1.807, 2.05) is 0 Å². The van der Waals surface area contributed by atoms with Gasteiger partial charge in [-0.2, -0.15) is 0 Å². The molecule has 3 nitrogen and oxygen atoms in total. The second-order valence-electron chi connectivity index (χ2n) is 4.50. The van der Waals surface area contributed by atoms with Crippen LogP contribution in [0.5, 0.6) is 5.75 Å². The van der Waals surface area contributed by atoms with Crippen molar-refractivity contribution >= 4 is 0 Å². The van der Waals surface area contributed by atoms with Crippen molar-refractivity contribution in [2.45, 2.75) is 19.3 Å². The molecular formula is C15H17FO3. The first-order valence-corrected chi connectivity index (χ1v) is 6.39. The molecule has 1 aliphatic carbocycles. The molecule has 0 bridgehead atoms. The van der Waals surface area contributed by atoms with Gasteiger partial charge in [-0.1, -0.05) is 11.8 Å². The van der Waals surface area contributed by atoms with Crippen LogP contribution >= 0.6 is 0 Å². The van der Waals surface area contributed by atoms with Gasteiger partial charge >= 0.3 is 0 Å². The average molecular weight is 264 g/mol. The Morgan fingerprint density at radius 2 is 2.21 bits per heavy atom. The van der Waals surface area contributed by atoms with Crippen LogP contribution in [0.15, 0.2) is 18.2 Å². The Morgan fingerprint density at radius 1 is 1.37 bits per heavy atom. The Hall–Kier alpha value is -1.57. The highest BCUT2D eigenvalue weighted by Crippen LogP contribution is 2.28. The van der Waals surface area contributed by atoms with Gasteiger partial charge in [0.05, 0.1) is 13.2 Å². The molecule has 102 valence electrons. The van der Waals surface area contributed by atoms with Gasteiger partial charge in [0.25, 0.3) is 0 Å². The monoisotopic (exact) mass is 264 g/mol. The summed E-state index contributed by atoms with van der Waals surface area (Å²) in [6, 6.07) is 4.44. The second kappa shape index (κ2) is 7.13. The van der Waals surface area contributed by atoms with Crippen LogP contribution in [0.25, 0.3) is 0 Å². The van der Waals surface area contributed by atoms with Gasteiger partial charge in [-0.05, 0) is 37.0 Å². The van der Waals surface area contributed by atoms with Crippen molar-refractivity contribution in [1.82, 2.24) is 0 Å². The second-order valence-corrected chi connectivity index (χ2v) is 4.50. The van der Waals surface area contributed by atoms with E-state index in [0.29, 0.717) is 24.5 Å². The molecule has 0 saturated heterocycles. The van der Waals surface area contributed by atoms with Crippen molar-refractivity contribution in [2.75, 3.05) is 20.0 Å². The van der Waals surface area contributed by atoms with Crippen molar-refractivity contribution in [2.24, 2.45) is 5.92 Å². The maximum absolute atomic E-state index is 13.5. The molecule has 0 spiro atoms. The molecule has 1 N–H and O–H groups in total. The highest BCUT2D eigenvalue weighted by atomic mass is 19.1. The highest BCUT2D eigenvalue weighted by molar-refractivity contribution is 5.40.